The number of aromatic carboxylic acids is 1. The third-order valence-electron chi connectivity index (χ3n) is 9.68. The van der Waals surface area contributed by atoms with E-state index < -0.39 is 11.9 Å². The second-order valence-corrected chi connectivity index (χ2v) is 14.4. The average molecular weight is 846 g/mol. The molecule has 317 valence electrons. The zero-order valence-corrected chi connectivity index (χ0v) is 34.3. The smallest absolute Gasteiger partial charge is 0.537 e. The van der Waals surface area contributed by atoms with Gasteiger partial charge in [0.25, 0.3) is 0 Å². The lowest BCUT2D eigenvalue weighted by Crippen LogP contribution is -2.27. The normalized spacial score (nSPS) is 10.6. The summed E-state index contributed by atoms with van der Waals surface area (Å²) < 4.78 is 9.50. The number of carbonyl (C=O) groups excluding carboxylic acids is 1. The van der Waals surface area contributed by atoms with Crippen molar-refractivity contribution in [1.29, 1.82) is 0 Å². The number of carbonyl (C=O) groups is 2. The molecule has 0 bridgehead atoms. The maximum absolute atomic E-state index is 11.5. The summed E-state index contributed by atoms with van der Waals surface area (Å²) in [5.41, 5.74) is 7.02. The molecule has 1 radical (unpaired) electrons. The molecular formula is C45H51BClN8O6. The standard InChI is InChI=1S/C21H20N4O2.C14H16ClN3O2.C8H7BNO2.2CH4/c1-12(2)25(3)20-19(14-4-6-16-13(10-14)8-9-22-16)23-17-7-5-15(21(26)27)11-18(17)24-20;1-8(2)18(3)13-12(15)16-10-6-5-9(14(19)20-4)7-11(10)17-13;11-9-12-7-1-2-8-6(5-7)3-4-10-8;;/h4-12,22H,1-3H3,(H,26,27);5-8H,1-4H3;1-5,10-11H;2*1H4. The number of rotatable bonds is 9. The van der Waals surface area contributed by atoms with Crippen LogP contribution in [0.3, 0.4) is 0 Å². The molecule has 0 unspecified atom stereocenters. The van der Waals surface area contributed by atoms with Gasteiger partial charge in [0.05, 0.1) is 40.3 Å². The molecule has 0 aliphatic rings. The first-order valence-electron chi connectivity index (χ1n) is 18.6. The molecular weight excluding hydrogens is 795 g/mol. The van der Waals surface area contributed by atoms with Crippen molar-refractivity contribution in [3.05, 3.63) is 114 Å². The molecule has 4 N–H and O–H groups in total. The van der Waals surface area contributed by atoms with Crippen LogP contribution < -0.4 is 14.5 Å². The lowest BCUT2D eigenvalue weighted by molar-refractivity contribution is 0.0600. The van der Waals surface area contributed by atoms with Crippen molar-refractivity contribution < 1.29 is 29.1 Å². The number of esters is 1. The van der Waals surface area contributed by atoms with E-state index in [9.17, 15) is 14.7 Å². The van der Waals surface area contributed by atoms with Crippen LogP contribution in [0.25, 0.3) is 55.1 Å². The Morgan fingerprint density at radius 1 is 0.689 bits per heavy atom. The number of methoxy groups -OCH3 is 1. The van der Waals surface area contributed by atoms with E-state index in [2.05, 4.69) is 44.7 Å². The molecule has 0 amide bonds. The van der Waals surface area contributed by atoms with Gasteiger partial charge < -0.3 is 39.3 Å². The minimum atomic E-state index is -0.973. The Kier molecular flexibility index (Phi) is 15.8. The molecule has 8 rings (SSSR count). The number of anilines is 2. The van der Waals surface area contributed by atoms with Crippen LogP contribution in [0.4, 0.5) is 11.6 Å². The SMILES string of the molecule is C.C.CC(C)N(C)c1nc2cc(C(=O)O)ccc2nc1-c1ccc2[nH]ccc2c1.COC(=O)c1ccc2nc(Cl)c(N(C)C(C)C)nc2c1.O[B]Oc1ccc2[nH]ccc2c1. The number of nitrogens with one attached hydrogen (secondary N) is 2. The Labute approximate surface area is 360 Å². The van der Waals surface area contributed by atoms with Crippen molar-refractivity contribution in [2.75, 3.05) is 31.0 Å². The summed E-state index contributed by atoms with van der Waals surface area (Å²) >= 11 is 6.16. The quantitative estimate of drug-likeness (QED) is 0.0799. The number of aromatic amines is 2. The molecule has 0 atom stereocenters. The molecule has 0 aliphatic carbocycles. The second kappa shape index (κ2) is 20.5. The Bertz CT molecular complexity index is 2770. The first-order chi connectivity index (χ1) is 28.3. The van der Waals surface area contributed by atoms with E-state index >= 15 is 0 Å². The molecule has 0 saturated carbocycles. The van der Waals surface area contributed by atoms with Gasteiger partial charge in [0.15, 0.2) is 16.8 Å². The van der Waals surface area contributed by atoms with Crippen LogP contribution in [0.5, 0.6) is 5.75 Å². The summed E-state index contributed by atoms with van der Waals surface area (Å²) in [7, 11) is 5.89. The first-order valence-corrected chi connectivity index (χ1v) is 19.0. The van der Waals surface area contributed by atoms with Crippen molar-refractivity contribution in [2.45, 2.75) is 54.6 Å². The van der Waals surface area contributed by atoms with Crippen molar-refractivity contribution in [3.63, 3.8) is 0 Å². The molecule has 4 aromatic heterocycles. The zero-order chi connectivity index (χ0) is 42.4. The van der Waals surface area contributed by atoms with Gasteiger partial charge in [-0.2, -0.15) is 0 Å². The van der Waals surface area contributed by atoms with E-state index in [1.165, 1.54) is 7.11 Å². The Morgan fingerprint density at radius 3 is 1.82 bits per heavy atom. The highest BCUT2D eigenvalue weighted by atomic mass is 35.5. The average Bonchev–Trinajstić information content (AvgIpc) is 3.91. The van der Waals surface area contributed by atoms with Crippen LogP contribution in [0.2, 0.25) is 5.15 Å². The number of halogens is 1. The highest BCUT2D eigenvalue weighted by molar-refractivity contribution is 6.32. The monoisotopic (exact) mass is 845 g/mol. The third kappa shape index (κ3) is 10.7. The minimum Gasteiger partial charge on any atom is -0.537 e. The third-order valence-corrected chi connectivity index (χ3v) is 9.93. The van der Waals surface area contributed by atoms with Gasteiger partial charge in [-0.05, 0) is 107 Å². The van der Waals surface area contributed by atoms with E-state index in [1.54, 1.807) is 42.5 Å². The lowest BCUT2D eigenvalue weighted by atomic mass is 10.1. The fraction of sp³-hybridized carbons (Fsp3) is 0.244. The fourth-order valence-electron chi connectivity index (χ4n) is 5.97. The van der Waals surface area contributed by atoms with Crippen molar-refractivity contribution >= 4 is 86.7 Å². The van der Waals surface area contributed by atoms with Gasteiger partial charge in [0, 0.05) is 65.9 Å². The molecule has 0 fully saturated rings. The number of carboxylic acids is 1. The number of H-pyrrole nitrogens is 2. The number of aromatic nitrogens is 6. The zero-order valence-electron chi connectivity index (χ0n) is 33.6. The summed E-state index contributed by atoms with van der Waals surface area (Å²) in [6, 6.07) is 25.9. The van der Waals surface area contributed by atoms with E-state index in [0.29, 0.717) is 52.0 Å². The molecule has 4 heterocycles. The number of ether oxygens (including phenoxy) is 1. The van der Waals surface area contributed by atoms with Crippen LogP contribution in [0, 0.1) is 0 Å². The number of benzene rings is 4. The van der Waals surface area contributed by atoms with Crippen LogP contribution in [0.15, 0.2) is 97.3 Å². The van der Waals surface area contributed by atoms with Gasteiger partial charge in [0.1, 0.15) is 11.4 Å². The summed E-state index contributed by atoms with van der Waals surface area (Å²) in [4.78, 5) is 51.5. The molecule has 0 aliphatic heterocycles. The maximum Gasteiger partial charge on any atom is 0.569 e. The summed E-state index contributed by atoms with van der Waals surface area (Å²) in [5, 5.41) is 20.2. The molecule has 14 nitrogen and oxygen atoms in total. The van der Waals surface area contributed by atoms with Gasteiger partial charge >= 0.3 is 19.6 Å². The molecule has 8 aromatic rings. The topological polar surface area (TPSA) is 183 Å². The Hall–Kier alpha value is -6.71. The summed E-state index contributed by atoms with van der Waals surface area (Å²) in [5.74, 6) is 0.581. The number of hydrogen-bond acceptors (Lipinski definition) is 11. The molecule has 16 heteroatoms. The predicted molar refractivity (Wildman–Crippen MR) is 247 cm³/mol. The predicted octanol–water partition coefficient (Wildman–Crippen LogP) is 9.58. The molecule has 0 saturated heterocycles. The number of fused-ring (bicyclic) bond motifs is 4. The number of carboxylic acid groups (broad SMARTS) is 1. The van der Waals surface area contributed by atoms with Crippen LogP contribution in [-0.4, -0.2) is 92.9 Å². The van der Waals surface area contributed by atoms with E-state index in [1.807, 2.05) is 81.6 Å². The highest BCUT2D eigenvalue weighted by Gasteiger charge is 2.19. The molecule has 61 heavy (non-hydrogen) atoms. The van der Waals surface area contributed by atoms with Crippen molar-refractivity contribution in [2.24, 2.45) is 0 Å². The van der Waals surface area contributed by atoms with Crippen molar-refractivity contribution in [1.82, 2.24) is 29.9 Å². The van der Waals surface area contributed by atoms with Gasteiger partial charge in [-0.25, -0.2) is 29.5 Å². The highest BCUT2D eigenvalue weighted by Crippen LogP contribution is 2.32. The van der Waals surface area contributed by atoms with Gasteiger partial charge in [-0.15, -0.1) is 0 Å². The van der Waals surface area contributed by atoms with E-state index in [0.717, 1.165) is 38.9 Å². The van der Waals surface area contributed by atoms with Gasteiger partial charge in [-0.3, -0.25) is 0 Å². The Morgan fingerprint density at radius 2 is 1.23 bits per heavy atom. The number of hydrogen-bond donors (Lipinski definition) is 4. The summed E-state index contributed by atoms with van der Waals surface area (Å²) in [6.45, 7) is 8.23. The van der Waals surface area contributed by atoms with Gasteiger partial charge in [-0.1, -0.05) is 32.5 Å². The summed E-state index contributed by atoms with van der Waals surface area (Å²) in [6.07, 6.45) is 3.77. The first kappa shape index (κ1) is 47.0. The van der Waals surface area contributed by atoms with E-state index in [-0.39, 0.29) is 32.5 Å². The molecule has 0 spiro atoms. The maximum atomic E-state index is 11.5. The van der Waals surface area contributed by atoms with Crippen LogP contribution in [0.1, 0.15) is 63.3 Å². The van der Waals surface area contributed by atoms with Crippen LogP contribution >= 0.6 is 11.6 Å². The Balaban J connectivity index is 0.000000212. The molecule has 4 aromatic carbocycles. The van der Waals surface area contributed by atoms with Crippen LogP contribution in [-0.2, 0) is 4.74 Å². The fourth-order valence-corrected chi connectivity index (χ4v) is 6.23. The largest absolute Gasteiger partial charge is 0.569 e. The van der Waals surface area contributed by atoms with Gasteiger partial charge in [0.2, 0.25) is 0 Å². The second-order valence-electron chi connectivity index (χ2n) is 14.1. The lowest BCUT2D eigenvalue weighted by Gasteiger charge is -2.25. The minimum absolute atomic E-state index is 0. The van der Waals surface area contributed by atoms with E-state index in [4.69, 9.17) is 36.0 Å². The number of nitrogens with zero attached hydrogens (tertiary/aromatic N) is 6. The van der Waals surface area contributed by atoms with Crippen molar-refractivity contribution in [3.8, 4) is 17.0 Å².